The zero-order valence-electron chi connectivity index (χ0n) is 12.4. The largest absolute Gasteiger partial charge is 0.330 e. The van der Waals surface area contributed by atoms with Crippen molar-refractivity contribution >= 4 is 0 Å². The number of hydrogen-bond donors (Lipinski definition) is 1. The summed E-state index contributed by atoms with van der Waals surface area (Å²) < 4.78 is 0. The molecule has 0 amide bonds. The van der Waals surface area contributed by atoms with Gasteiger partial charge in [0.25, 0.3) is 0 Å². The van der Waals surface area contributed by atoms with E-state index in [1.165, 1.54) is 27.8 Å². The minimum absolute atomic E-state index is 0.211. The summed E-state index contributed by atoms with van der Waals surface area (Å²) >= 11 is 0. The molecule has 2 aromatic carbocycles. The van der Waals surface area contributed by atoms with Crippen LogP contribution >= 0.6 is 0 Å². The summed E-state index contributed by atoms with van der Waals surface area (Å²) in [6.45, 7) is 5.14. The first kappa shape index (κ1) is 13.4. The lowest BCUT2D eigenvalue weighted by atomic mass is 9.78. The molecular weight excluding hydrogens is 242 g/mol. The molecule has 104 valence electrons. The SMILES string of the molecule is Cc1ccc(C)c(CC2(CN)Cc3ccccc3C2)c1. The zero-order valence-corrected chi connectivity index (χ0v) is 12.4. The fourth-order valence-electron chi connectivity index (χ4n) is 3.51. The summed E-state index contributed by atoms with van der Waals surface area (Å²) in [5, 5.41) is 0. The van der Waals surface area contributed by atoms with E-state index in [1.807, 2.05) is 0 Å². The Morgan fingerprint density at radius 1 is 1.00 bits per heavy atom. The highest BCUT2D eigenvalue weighted by molar-refractivity contribution is 5.38. The van der Waals surface area contributed by atoms with Crippen LogP contribution in [0.2, 0.25) is 0 Å². The topological polar surface area (TPSA) is 26.0 Å². The third kappa shape index (κ3) is 2.38. The molecule has 0 saturated carbocycles. The molecule has 0 atom stereocenters. The van der Waals surface area contributed by atoms with E-state index in [9.17, 15) is 0 Å². The van der Waals surface area contributed by atoms with E-state index in [-0.39, 0.29) is 5.41 Å². The number of fused-ring (bicyclic) bond motifs is 1. The van der Waals surface area contributed by atoms with Crippen molar-refractivity contribution in [3.8, 4) is 0 Å². The quantitative estimate of drug-likeness (QED) is 0.901. The van der Waals surface area contributed by atoms with Gasteiger partial charge in [-0.15, -0.1) is 0 Å². The van der Waals surface area contributed by atoms with Gasteiger partial charge in [-0.3, -0.25) is 0 Å². The van der Waals surface area contributed by atoms with Crippen molar-refractivity contribution in [2.24, 2.45) is 11.1 Å². The fraction of sp³-hybridized carbons (Fsp3) is 0.368. The van der Waals surface area contributed by atoms with Crippen LogP contribution in [0.5, 0.6) is 0 Å². The van der Waals surface area contributed by atoms with Crippen molar-refractivity contribution in [3.05, 3.63) is 70.3 Å². The van der Waals surface area contributed by atoms with Crippen molar-refractivity contribution in [1.29, 1.82) is 0 Å². The smallest absolute Gasteiger partial charge is 0.00109 e. The fourth-order valence-corrected chi connectivity index (χ4v) is 3.51. The van der Waals surface area contributed by atoms with Crippen LogP contribution in [0.25, 0.3) is 0 Å². The van der Waals surface area contributed by atoms with Gasteiger partial charge in [-0.2, -0.15) is 0 Å². The molecule has 0 spiro atoms. The van der Waals surface area contributed by atoms with Crippen molar-refractivity contribution in [2.75, 3.05) is 6.54 Å². The minimum atomic E-state index is 0.211. The van der Waals surface area contributed by atoms with Crippen LogP contribution in [-0.2, 0) is 19.3 Å². The van der Waals surface area contributed by atoms with Gasteiger partial charge in [-0.25, -0.2) is 0 Å². The Morgan fingerprint density at radius 3 is 2.25 bits per heavy atom. The zero-order chi connectivity index (χ0) is 14.2. The Labute approximate surface area is 121 Å². The maximum Gasteiger partial charge on any atom is -0.00109 e. The van der Waals surface area contributed by atoms with Crippen LogP contribution in [0.15, 0.2) is 42.5 Å². The molecule has 1 aliphatic rings. The number of nitrogens with two attached hydrogens (primary N) is 1. The molecule has 1 nitrogen and oxygen atoms in total. The number of hydrogen-bond acceptors (Lipinski definition) is 1. The van der Waals surface area contributed by atoms with E-state index in [4.69, 9.17) is 5.73 Å². The summed E-state index contributed by atoms with van der Waals surface area (Å²) in [4.78, 5) is 0. The predicted octanol–water partition coefficient (Wildman–Crippen LogP) is 3.59. The van der Waals surface area contributed by atoms with E-state index in [1.54, 1.807) is 0 Å². The standard InChI is InChI=1S/C19H23N/c1-14-7-8-15(2)18(9-14)12-19(13-20)10-16-5-3-4-6-17(16)11-19/h3-9H,10-13,20H2,1-2H3. The Bertz CT molecular complexity index is 602. The summed E-state index contributed by atoms with van der Waals surface area (Å²) in [6.07, 6.45) is 3.33. The molecular formula is C19H23N. The molecule has 0 fully saturated rings. The predicted molar refractivity (Wildman–Crippen MR) is 85.0 cm³/mol. The van der Waals surface area contributed by atoms with Gasteiger partial charge in [0, 0.05) is 0 Å². The highest BCUT2D eigenvalue weighted by Gasteiger charge is 2.36. The second kappa shape index (κ2) is 5.06. The Hall–Kier alpha value is -1.60. The molecule has 1 aliphatic carbocycles. The number of aryl methyl sites for hydroxylation is 2. The summed E-state index contributed by atoms with van der Waals surface area (Å²) in [6, 6.07) is 15.6. The molecule has 3 rings (SSSR count). The average molecular weight is 265 g/mol. The van der Waals surface area contributed by atoms with Gasteiger partial charge in [-0.05, 0) is 67.3 Å². The van der Waals surface area contributed by atoms with Crippen LogP contribution in [-0.4, -0.2) is 6.54 Å². The van der Waals surface area contributed by atoms with Crippen molar-refractivity contribution in [2.45, 2.75) is 33.1 Å². The first-order valence-corrected chi connectivity index (χ1v) is 7.45. The van der Waals surface area contributed by atoms with Gasteiger partial charge < -0.3 is 5.73 Å². The van der Waals surface area contributed by atoms with Gasteiger partial charge in [0.1, 0.15) is 0 Å². The molecule has 1 heteroatoms. The summed E-state index contributed by atoms with van der Waals surface area (Å²) in [5.41, 5.74) is 13.6. The van der Waals surface area contributed by atoms with Gasteiger partial charge in [-0.1, -0.05) is 48.0 Å². The van der Waals surface area contributed by atoms with Gasteiger partial charge in [0.05, 0.1) is 0 Å². The second-order valence-corrected chi connectivity index (χ2v) is 6.43. The molecule has 0 aromatic heterocycles. The Morgan fingerprint density at radius 2 is 1.65 bits per heavy atom. The molecule has 0 bridgehead atoms. The van der Waals surface area contributed by atoms with Gasteiger partial charge in [0.15, 0.2) is 0 Å². The summed E-state index contributed by atoms with van der Waals surface area (Å²) in [5.74, 6) is 0. The van der Waals surface area contributed by atoms with Crippen molar-refractivity contribution in [3.63, 3.8) is 0 Å². The van der Waals surface area contributed by atoms with Crippen LogP contribution < -0.4 is 5.73 Å². The number of rotatable bonds is 3. The molecule has 0 radical (unpaired) electrons. The van der Waals surface area contributed by atoms with E-state index in [0.717, 1.165) is 25.8 Å². The minimum Gasteiger partial charge on any atom is -0.330 e. The van der Waals surface area contributed by atoms with Crippen LogP contribution in [0.1, 0.15) is 27.8 Å². The van der Waals surface area contributed by atoms with Crippen LogP contribution in [0.3, 0.4) is 0 Å². The molecule has 0 saturated heterocycles. The Kier molecular flexibility index (Phi) is 3.39. The van der Waals surface area contributed by atoms with E-state index < -0.39 is 0 Å². The maximum absolute atomic E-state index is 6.18. The molecule has 0 unspecified atom stereocenters. The molecule has 2 N–H and O–H groups in total. The molecule has 20 heavy (non-hydrogen) atoms. The van der Waals surface area contributed by atoms with E-state index in [0.29, 0.717) is 0 Å². The second-order valence-electron chi connectivity index (χ2n) is 6.43. The maximum atomic E-state index is 6.18. The van der Waals surface area contributed by atoms with Gasteiger partial charge in [0.2, 0.25) is 0 Å². The van der Waals surface area contributed by atoms with Crippen molar-refractivity contribution < 1.29 is 0 Å². The lowest BCUT2D eigenvalue weighted by Crippen LogP contribution is -2.33. The van der Waals surface area contributed by atoms with Crippen LogP contribution in [0, 0.1) is 19.3 Å². The summed E-state index contributed by atoms with van der Waals surface area (Å²) in [7, 11) is 0. The third-order valence-corrected chi connectivity index (χ3v) is 4.75. The third-order valence-electron chi connectivity index (χ3n) is 4.75. The van der Waals surface area contributed by atoms with Crippen molar-refractivity contribution in [1.82, 2.24) is 0 Å². The van der Waals surface area contributed by atoms with Gasteiger partial charge >= 0.3 is 0 Å². The molecule has 0 heterocycles. The first-order valence-electron chi connectivity index (χ1n) is 7.45. The number of benzene rings is 2. The normalized spacial score (nSPS) is 16.1. The lowest BCUT2D eigenvalue weighted by Gasteiger charge is -2.28. The van der Waals surface area contributed by atoms with Crippen LogP contribution in [0.4, 0.5) is 0 Å². The average Bonchev–Trinajstić information content (AvgIpc) is 2.81. The molecule has 2 aromatic rings. The van der Waals surface area contributed by atoms with E-state index >= 15 is 0 Å². The lowest BCUT2D eigenvalue weighted by molar-refractivity contribution is 0.314. The monoisotopic (exact) mass is 265 g/mol. The van der Waals surface area contributed by atoms with E-state index in [2.05, 4.69) is 56.3 Å². The highest BCUT2D eigenvalue weighted by Crippen LogP contribution is 2.39. The molecule has 0 aliphatic heterocycles. The first-order chi connectivity index (χ1) is 9.62. The Balaban J connectivity index is 1.91. The highest BCUT2D eigenvalue weighted by atomic mass is 14.6.